The number of anilines is 1. The molecule has 1 atom stereocenters. The molecule has 1 aliphatic rings. The summed E-state index contributed by atoms with van der Waals surface area (Å²) >= 11 is 0. The van der Waals surface area contributed by atoms with E-state index in [0.717, 1.165) is 29.9 Å². The van der Waals surface area contributed by atoms with Gasteiger partial charge in [0.05, 0.1) is 25.8 Å². The lowest BCUT2D eigenvalue weighted by Crippen LogP contribution is -2.30. The van der Waals surface area contributed by atoms with Gasteiger partial charge in [-0.3, -0.25) is 14.6 Å². The zero-order valence-corrected chi connectivity index (χ0v) is 18.1. The molecule has 0 aliphatic carbocycles. The van der Waals surface area contributed by atoms with Crippen LogP contribution >= 0.6 is 0 Å². The minimum atomic E-state index is -0.275. The molecule has 0 spiro atoms. The summed E-state index contributed by atoms with van der Waals surface area (Å²) in [5.74, 6) is 1.09. The van der Waals surface area contributed by atoms with E-state index in [9.17, 15) is 9.59 Å². The van der Waals surface area contributed by atoms with Gasteiger partial charge in [-0.2, -0.15) is 0 Å². The quantitative estimate of drug-likeness (QED) is 0.628. The van der Waals surface area contributed by atoms with Gasteiger partial charge < -0.3 is 19.7 Å². The third-order valence-electron chi connectivity index (χ3n) is 5.60. The Labute approximate surface area is 187 Å². The van der Waals surface area contributed by atoms with Crippen molar-refractivity contribution in [3.63, 3.8) is 0 Å². The number of rotatable bonds is 6. The molecule has 1 aliphatic heterocycles. The lowest BCUT2D eigenvalue weighted by Gasteiger charge is -2.27. The lowest BCUT2D eigenvalue weighted by atomic mass is 10.0. The molecule has 1 fully saturated rings. The van der Waals surface area contributed by atoms with E-state index in [1.807, 2.05) is 23.1 Å². The van der Waals surface area contributed by atoms with E-state index in [2.05, 4.69) is 10.3 Å². The Morgan fingerprint density at radius 1 is 1.03 bits per heavy atom. The Balaban J connectivity index is 1.56. The molecular weight excluding hydrogens is 406 g/mol. The minimum Gasteiger partial charge on any atom is -0.497 e. The first-order chi connectivity index (χ1) is 15.6. The number of carbonyl (C=O) groups is 2. The molecule has 0 bridgehead atoms. The molecule has 0 radical (unpaired) electrons. The van der Waals surface area contributed by atoms with Crippen LogP contribution in [-0.2, 0) is 0 Å². The van der Waals surface area contributed by atoms with Crippen molar-refractivity contribution in [1.29, 1.82) is 0 Å². The molecule has 3 aromatic rings. The fourth-order valence-corrected chi connectivity index (χ4v) is 4.03. The van der Waals surface area contributed by atoms with Gasteiger partial charge >= 0.3 is 0 Å². The standard InChI is InChI=1S/C25H25N3O4/c1-31-20-10-11-23(32-2)21(15-20)22-9-5-13-28(22)25(30)17-6-3-8-19(14-17)27-24(29)18-7-4-12-26-16-18/h3-4,6-8,10-12,14-16,22H,5,9,13H2,1-2H3,(H,27,29). The van der Waals surface area contributed by atoms with Crippen molar-refractivity contribution in [1.82, 2.24) is 9.88 Å². The number of nitrogens with one attached hydrogen (secondary N) is 1. The van der Waals surface area contributed by atoms with Crippen molar-refractivity contribution in [3.05, 3.63) is 83.7 Å². The SMILES string of the molecule is COc1ccc(OC)c(C2CCCN2C(=O)c2cccc(NC(=O)c3cccnc3)c2)c1. The Kier molecular flexibility index (Phi) is 6.35. The molecule has 2 heterocycles. The predicted octanol–water partition coefficient (Wildman–Crippen LogP) is 4.33. The lowest BCUT2D eigenvalue weighted by molar-refractivity contribution is 0.0733. The number of nitrogens with zero attached hydrogens (tertiary/aromatic N) is 2. The minimum absolute atomic E-state index is 0.0881. The second-order valence-electron chi connectivity index (χ2n) is 7.54. The van der Waals surface area contributed by atoms with Crippen LogP contribution in [0, 0.1) is 0 Å². The highest BCUT2D eigenvalue weighted by Crippen LogP contribution is 2.39. The summed E-state index contributed by atoms with van der Waals surface area (Å²) in [6.45, 7) is 0.649. The van der Waals surface area contributed by atoms with Crippen LogP contribution in [0.1, 0.15) is 45.2 Å². The highest BCUT2D eigenvalue weighted by atomic mass is 16.5. The van der Waals surface area contributed by atoms with Gasteiger partial charge in [-0.25, -0.2) is 0 Å². The van der Waals surface area contributed by atoms with Crippen LogP contribution in [0.3, 0.4) is 0 Å². The normalized spacial score (nSPS) is 15.3. The van der Waals surface area contributed by atoms with Crippen LogP contribution in [0.5, 0.6) is 11.5 Å². The van der Waals surface area contributed by atoms with Crippen molar-refractivity contribution in [2.24, 2.45) is 0 Å². The molecular formula is C25H25N3O4. The monoisotopic (exact) mass is 431 g/mol. The maximum absolute atomic E-state index is 13.4. The van der Waals surface area contributed by atoms with E-state index in [-0.39, 0.29) is 17.9 Å². The molecule has 7 heteroatoms. The highest BCUT2D eigenvalue weighted by molar-refractivity contribution is 6.05. The van der Waals surface area contributed by atoms with Gasteiger partial charge in [0.1, 0.15) is 11.5 Å². The van der Waals surface area contributed by atoms with E-state index < -0.39 is 0 Å². The average molecular weight is 431 g/mol. The van der Waals surface area contributed by atoms with Gasteiger partial charge in [-0.05, 0) is 61.4 Å². The average Bonchev–Trinajstić information content (AvgIpc) is 3.33. The number of amides is 2. The van der Waals surface area contributed by atoms with Crippen molar-refractivity contribution >= 4 is 17.5 Å². The topological polar surface area (TPSA) is 80.8 Å². The van der Waals surface area contributed by atoms with Gasteiger partial charge in [-0.1, -0.05) is 6.07 Å². The van der Waals surface area contributed by atoms with E-state index >= 15 is 0 Å². The number of likely N-dealkylation sites (tertiary alicyclic amines) is 1. The number of ether oxygens (including phenoxy) is 2. The first-order valence-electron chi connectivity index (χ1n) is 10.4. The second-order valence-corrected chi connectivity index (χ2v) is 7.54. The van der Waals surface area contributed by atoms with Crippen LogP contribution in [0.25, 0.3) is 0 Å². The molecule has 164 valence electrons. The van der Waals surface area contributed by atoms with Crippen molar-refractivity contribution < 1.29 is 19.1 Å². The number of carbonyl (C=O) groups excluding carboxylic acids is 2. The summed E-state index contributed by atoms with van der Waals surface area (Å²) < 4.78 is 10.9. The fourth-order valence-electron chi connectivity index (χ4n) is 4.03. The molecule has 1 aromatic heterocycles. The summed E-state index contributed by atoms with van der Waals surface area (Å²) in [6.07, 6.45) is 4.85. The molecule has 7 nitrogen and oxygen atoms in total. The van der Waals surface area contributed by atoms with Gasteiger partial charge in [0.2, 0.25) is 0 Å². The van der Waals surface area contributed by atoms with E-state index in [4.69, 9.17) is 9.47 Å². The van der Waals surface area contributed by atoms with Gasteiger partial charge in [-0.15, -0.1) is 0 Å². The maximum Gasteiger partial charge on any atom is 0.257 e. The maximum atomic E-state index is 13.4. The molecule has 32 heavy (non-hydrogen) atoms. The largest absolute Gasteiger partial charge is 0.497 e. The zero-order chi connectivity index (χ0) is 22.5. The van der Waals surface area contributed by atoms with E-state index in [1.54, 1.807) is 56.8 Å². The van der Waals surface area contributed by atoms with Crippen LogP contribution in [-0.4, -0.2) is 42.5 Å². The van der Waals surface area contributed by atoms with Gasteiger partial charge in [0, 0.05) is 35.8 Å². The molecule has 2 amide bonds. The summed E-state index contributed by atoms with van der Waals surface area (Å²) in [6, 6.07) is 15.9. The summed E-state index contributed by atoms with van der Waals surface area (Å²) in [4.78, 5) is 31.7. The Bertz CT molecular complexity index is 1120. The van der Waals surface area contributed by atoms with E-state index in [1.165, 1.54) is 6.20 Å². The molecule has 0 saturated carbocycles. The number of hydrogen-bond donors (Lipinski definition) is 1. The molecule has 4 rings (SSSR count). The third kappa shape index (κ3) is 4.42. The number of hydrogen-bond acceptors (Lipinski definition) is 5. The number of benzene rings is 2. The predicted molar refractivity (Wildman–Crippen MR) is 121 cm³/mol. The Morgan fingerprint density at radius 3 is 2.62 bits per heavy atom. The number of aromatic nitrogens is 1. The molecule has 1 unspecified atom stereocenters. The Morgan fingerprint density at radius 2 is 1.88 bits per heavy atom. The van der Waals surface area contributed by atoms with Crippen molar-refractivity contribution in [2.75, 3.05) is 26.1 Å². The summed E-state index contributed by atoms with van der Waals surface area (Å²) in [5.41, 5.74) is 2.45. The van der Waals surface area contributed by atoms with Gasteiger partial charge in [0.25, 0.3) is 11.8 Å². The number of pyridine rings is 1. The third-order valence-corrected chi connectivity index (χ3v) is 5.60. The van der Waals surface area contributed by atoms with Crippen molar-refractivity contribution in [3.8, 4) is 11.5 Å². The fraction of sp³-hybridized carbons (Fsp3) is 0.240. The zero-order valence-electron chi connectivity index (χ0n) is 18.1. The summed E-state index contributed by atoms with van der Waals surface area (Å²) in [5, 5.41) is 2.83. The van der Waals surface area contributed by atoms with E-state index in [0.29, 0.717) is 23.4 Å². The first kappa shape index (κ1) is 21.4. The summed E-state index contributed by atoms with van der Waals surface area (Å²) in [7, 11) is 3.25. The van der Waals surface area contributed by atoms with Crippen LogP contribution in [0.4, 0.5) is 5.69 Å². The molecule has 1 saturated heterocycles. The first-order valence-corrected chi connectivity index (χ1v) is 10.4. The molecule has 1 N–H and O–H groups in total. The Hall–Kier alpha value is -3.87. The van der Waals surface area contributed by atoms with Crippen LogP contribution < -0.4 is 14.8 Å². The highest BCUT2D eigenvalue weighted by Gasteiger charge is 2.32. The number of methoxy groups -OCH3 is 2. The second kappa shape index (κ2) is 9.51. The van der Waals surface area contributed by atoms with Crippen molar-refractivity contribution in [2.45, 2.75) is 18.9 Å². The smallest absolute Gasteiger partial charge is 0.257 e. The van der Waals surface area contributed by atoms with Crippen LogP contribution in [0.2, 0.25) is 0 Å². The van der Waals surface area contributed by atoms with Gasteiger partial charge in [0.15, 0.2) is 0 Å². The van der Waals surface area contributed by atoms with Crippen LogP contribution in [0.15, 0.2) is 67.0 Å². The molecule has 2 aromatic carbocycles.